The highest BCUT2D eigenvalue weighted by atomic mass is 19.2. The second-order valence-corrected chi connectivity index (χ2v) is 10.1. The van der Waals surface area contributed by atoms with Gasteiger partial charge >= 0.3 is 12.2 Å². The van der Waals surface area contributed by atoms with Crippen LogP contribution in [0.5, 0.6) is 0 Å². The second kappa shape index (κ2) is 9.70. The Balaban J connectivity index is 1.17. The van der Waals surface area contributed by atoms with Gasteiger partial charge in [-0.15, -0.1) is 0 Å². The SMILES string of the molecule is O=C1Nc2ccccc2C2(CCN(C(=O)OC3CCC(c4cccc(F)c4F)Cc4cccnc43)CC2)O1. The number of pyridine rings is 1. The highest BCUT2D eigenvalue weighted by molar-refractivity contribution is 5.88. The fraction of sp³-hybridized carbons (Fsp3) is 0.345. The third-order valence-electron chi connectivity index (χ3n) is 7.91. The van der Waals surface area contributed by atoms with Gasteiger partial charge in [0.05, 0.1) is 11.4 Å². The lowest BCUT2D eigenvalue weighted by molar-refractivity contribution is -0.0399. The predicted octanol–water partition coefficient (Wildman–Crippen LogP) is 6.21. The summed E-state index contributed by atoms with van der Waals surface area (Å²) in [4.78, 5) is 31.6. The topological polar surface area (TPSA) is 80.8 Å². The Hall–Kier alpha value is -4.01. The van der Waals surface area contributed by atoms with Gasteiger partial charge in [0.25, 0.3) is 0 Å². The maximum atomic E-state index is 14.6. The lowest BCUT2D eigenvalue weighted by Gasteiger charge is -2.44. The number of carbonyl (C=O) groups is 2. The van der Waals surface area contributed by atoms with Crippen molar-refractivity contribution in [2.45, 2.75) is 49.7 Å². The number of amides is 2. The van der Waals surface area contributed by atoms with Crippen molar-refractivity contribution < 1.29 is 27.8 Å². The Kier molecular flexibility index (Phi) is 6.21. The molecule has 3 heterocycles. The summed E-state index contributed by atoms with van der Waals surface area (Å²) in [6.45, 7) is 0.721. The number of para-hydroxylation sites is 1. The summed E-state index contributed by atoms with van der Waals surface area (Å²) in [5.74, 6) is -1.96. The maximum absolute atomic E-state index is 14.6. The monoisotopic (exact) mass is 519 g/mol. The molecule has 1 spiro atoms. The minimum Gasteiger partial charge on any atom is -0.440 e. The van der Waals surface area contributed by atoms with Crippen LogP contribution < -0.4 is 5.32 Å². The number of benzene rings is 2. The van der Waals surface area contributed by atoms with E-state index in [1.165, 1.54) is 6.07 Å². The summed E-state index contributed by atoms with van der Waals surface area (Å²) in [6, 6.07) is 15.5. The molecular weight excluding hydrogens is 492 g/mol. The molecule has 9 heteroatoms. The number of piperidine rings is 1. The van der Waals surface area contributed by atoms with Crippen molar-refractivity contribution in [1.82, 2.24) is 9.88 Å². The van der Waals surface area contributed by atoms with Gasteiger partial charge in [0.15, 0.2) is 11.6 Å². The maximum Gasteiger partial charge on any atom is 0.412 e. The van der Waals surface area contributed by atoms with Crippen molar-refractivity contribution in [2.75, 3.05) is 18.4 Å². The van der Waals surface area contributed by atoms with E-state index in [9.17, 15) is 18.4 Å². The van der Waals surface area contributed by atoms with E-state index in [0.717, 1.165) is 22.9 Å². The van der Waals surface area contributed by atoms with Crippen LogP contribution in [0, 0.1) is 11.6 Å². The molecule has 0 radical (unpaired) electrons. The predicted molar refractivity (Wildman–Crippen MR) is 135 cm³/mol. The summed E-state index contributed by atoms with van der Waals surface area (Å²) in [7, 11) is 0. The number of rotatable bonds is 2. The van der Waals surface area contributed by atoms with Crippen LogP contribution in [0.25, 0.3) is 0 Å². The largest absolute Gasteiger partial charge is 0.440 e. The lowest BCUT2D eigenvalue weighted by Crippen LogP contribution is -2.50. The first-order chi connectivity index (χ1) is 18.4. The van der Waals surface area contributed by atoms with Gasteiger partial charge in [-0.05, 0) is 54.5 Å². The normalized spacial score (nSPS) is 21.9. The van der Waals surface area contributed by atoms with Gasteiger partial charge in [0, 0.05) is 37.7 Å². The molecule has 2 aromatic carbocycles. The molecule has 3 aromatic rings. The first-order valence-corrected chi connectivity index (χ1v) is 12.9. The number of ether oxygens (including phenoxy) is 2. The molecule has 6 rings (SSSR count). The van der Waals surface area contributed by atoms with E-state index >= 15 is 0 Å². The summed E-state index contributed by atoms with van der Waals surface area (Å²) in [5, 5.41) is 2.74. The average molecular weight is 520 g/mol. The molecule has 3 aliphatic rings. The summed E-state index contributed by atoms with van der Waals surface area (Å²) in [6.07, 6.45) is 2.41. The zero-order valence-electron chi connectivity index (χ0n) is 20.7. The number of anilines is 1. The van der Waals surface area contributed by atoms with Crippen molar-refractivity contribution in [1.29, 1.82) is 0 Å². The molecule has 1 aromatic heterocycles. The Morgan fingerprint density at radius 2 is 1.87 bits per heavy atom. The van der Waals surface area contributed by atoms with Crippen LogP contribution in [0.3, 0.4) is 0 Å². The van der Waals surface area contributed by atoms with Crippen molar-refractivity contribution in [2.24, 2.45) is 0 Å². The summed E-state index contributed by atoms with van der Waals surface area (Å²) < 4.78 is 40.3. The molecule has 1 saturated heterocycles. The van der Waals surface area contributed by atoms with Crippen LogP contribution in [0.4, 0.5) is 24.1 Å². The molecule has 2 amide bonds. The Morgan fingerprint density at radius 1 is 1.05 bits per heavy atom. The number of aromatic nitrogens is 1. The number of hydrogen-bond acceptors (Lipinski definition) is 5. The molecule has 7 nitrogen and oxygen atoms in total. The lowest BCUT2D eigenvalue weighted by atomic mass is 9.82. The molecule has 1 fully saturated rings. The molecule has 1 aliphatic carbocycles. The standard InChI is InChI=1S/C29H27F2N3O4/c30-22-8-3-6-20(25(22)31)18-10-11-24(26-19(17-18)5-4-14-32-26)37-28(36)34-15-12-29(13-16-34)21-7-1-2-9-23(21)33-27(35)38-29/h1-9,14,18,24H,10-13,15-17H2,(H,33,35). The number of likely N-dealkylation sites (tertiary alicyclic amines) is 1. The first-order valence-electron chi connectivity index (χ1n) is 12.9. The van der Waals surface area contributed by atoms with E-state index in [-0.39, 0.29) is 5.92 Å². The van der Waals surface area contributed by atoms with E-state index in [1.54, 1.807) is 23.2 Å². The number of nitrogens with zero attached hydrogens (tertiary/aromatic N) is 2. The van der Waals surface area contributed by atoms with Crippen LogP contribution >= 0.6 is 0 Å². The van der Waals surface area contributed by atoms with Crippen LogP contribution in [-0.2, 0) is 21.5 Å². The van der Waals surface area contributed by atoms with Crippen molar-refractivity contribution >= 4 is 17.9 Å². The average Bonchev–Trinajstić information content (AvgIpc) is 3.10. The Morgan fingerprint density at radius 3 is 2.71 bits per heavy atom. The zero-order valence-corrected chi connectivity index (χ0v) is 20.7. The first kappa shape index (κ1) is 24.3. The van der Waals surface area contributed by atoms with Crippen molar-refractivity contribution in [3.05, 3.63) is 94.8 Å². The van der Waals surface area contributed by atoms with E-state index < -0.39 is 35.5 Å². The van der Waals surface area contributed by atoms with Crippen LogP contribution in [-0.4, -0.2) is 35.2 Å². The van der Waals surface area contributed by atoms with Crippen molar-refractivity contribution in [3.63, 3.8) is 0 Å². The van der Waals surface area contributed by atoms with Gasteiger partial charge in [-0.25, -0.2) is 18.4 Å². The molecule has 0 bridgehead atoms. The molecule has 1 N–H and O–H groups in total. The quantitative estimate of drug-likeness (QED) is 0.407. The van der Waals surface area contributed by atoms with Gasteiger partial charge in [0.2, 0.25) is 0 Å². The smallest absolute Gasteiger partial charge is 0.412 e. The fourth-order valence-corrected chi connectivity index (χ4v) is 5.96. The van der Waals surface area contributed by atoms with Crippen LogP contribution in [0.15, 0.2) is 60.8 Å². The van der Waals surface area contributed by atoms with Crippen LogP contribution in [0.2, 0.25) is 0 Å². The Labute approximate surface area is 218 Å². The van der Waals surface area contributed by atoms with E-state index in [2.05, 4.69) is 10.3 Å². The third-order valence-corrected chi connectivity index (χ3v) is 7.91. The molecule has 2 unspecified atom stereocenters. The van der Waals surface area contributed by atoms with E-state index in [1.807, 2.05) is 30.3 Å². The van der Waals surface area contributed by atoms with Gasteiger partial charge in [0.1, 0.15) is 11.7 Å². The van der Waals surface area contributed by atoms with Crippen molar-refractivity contribution in [3.8, 4) is 0 Å². The second-order valence-electron chi connectivity index (χ2n) is 10.1. The summed E-state index contributed by atoms with van der Waals surface area (Å²) in [5.41, 5.74) is 2.68. The summed E-state index contributed by atoms with van der Waals surface area (Å²) >= 11 is 0. The zero-order chi connectivity index (χ0) is 26.3. The minimum absolute atomic E-state index is 0.262. The number of fused-ring (bicyclic) bond motifs is 3. The number of nitrogens with one attached hydrogen (secondary N) is 1. The van der Waals surface area contributed by atoms with E-state index in [4.69, 9.17) is 9.47 Å². The highest BCUT2D eigenvalue weighted by Gasteiger charge is 2.45. The molecule has 0 saturated carbocycles. The molecule has 2 atom stereocenters. The van der Waals surface area contributed by atoms with E-state index in [0.29, 0.717) is 56.5 Å². The number of halogens is 2. The van der Waals surface area contributed by atoms with Gasteiger partial charge in [-0.2, -0.15) is 0 Å². The minimum atomic E-state index is -0.869. The molecular formula is C29H27F2N3O4. The van der Waals surface area contributed by atoms with Crippen LogP contribution in [0.1, 0.15) is 60.1 Å². The highest BCUT2D eigenvalue weighted by Crippen LogP contribution is 2.44. The Bertz CT molecular complexity index is 1390. The number of carbonyl (C=O) groups excluding carboxylic acids is 2. The van der Waals surface area contributed by atoms with Gasteiger partial charge in [-0.3, -0.25) is 10.3 Å². The molecule has 38 heavy (non-hydrogen) atoms. The molecule has 2 aliphatic heterocycles. The van der Waals surface area contributed by atoms with Gasteiger partial charge < -0.3 is 14.4 Å². The third kappa shape index (κ3) is 4.36. The van der Waals surface area contributed by atoms with Gasteiger partial charge in [-0.1, -0.05) is 36.4 Å². The fourth-order valence-electron chi connectivity index (χ4n) is 5.96. The number of hydrogen-bond donors (Lipinski definition) is 1. The molecule has 196 valence electrons.